The first-order chi connectivity index (χ1) is 5.65. The molecule has 2 atom stereocenters. The van der Waals surface area contributed by atoms with Crippen LogP contribution >= 0.6 is 15.9 Å². The standard InChI is InChI=1S/C8H14BrF2N/c1-6-2-3-12(5-8(10)11)7(6)4-9/h6-8H,2-5H2,1H3. The van der Waals surface area contributed by atoms with Crippen molar-refractivity contribution in [2.75, 3.05) is 18.4 Å². The van der Waals surface area contributed by atoms with Gasteiger partial charge in [0.25, 0.3) is 6.43 Å². The van der Waals surface area contributed by atoms with E-state index >= 15 is 0 Å². The van der Waals surface area contributed by atoms with Crippen molar-refractivity contribution in [3.8, 4) is 0 Å². The minimum Gasteiger partial charge on any atom is -0.294 e. The Balaban J connectivity index is 2.43. The van der Waals surface area contributed by atoms with Crippen molar-refractivity contribution >= 4 is 15.9 Å². The highest BCUT2D eigenvalue weighted by molar-refractivity contribution is 9.09. The molecule has 0 aromatic heterocycles. The third-order valence-corrected chi connectivity index (χ3v) is 3.19. The van der Waals surface area contributed by atoms with Gasteiger partial charge in [0, 0.05) is 11.4 Å². The maximum absolute atomic E-state index is 12.1. The van der Waals surface area contributed by atoms with Crippen molar-refractivity contribution < 1.29 is 8.78 Å². The molecule has 4 heteroatoms. The van der Waals surface area contributed by atoms with Crippen molar-refractivity contribution in [2.45, 2.75) is 25.8 Å². The summed E-state index contributed by atoms with van der Waals surface area (Å²) in [5.74, 6) is 0.545. The maximum Gasteiger partial charge on any atom is 0.251 e. The van der Waals surface area contributed by atoms with E-state index in [-0.39, 0.29) is 6.54 Å². The Bertz CT molecular complexity index is 143. The van der Waals surface area contributed by atoms with Crippen LogP contribution in [0.1, 0.15) is 13.3 Å². The number of hydrogen-bond donors (Lipinski definition) is 0. The van der Waals surface area contributed by atoms with Crippen LogP contribution in [0.15, 0.2) is 0 Å². The Kier molecular flexibility index (Phi) is 3.90. The number of halogens is 3. The Morgan fingerprint density at radius 3 is 2.75 bits per heavy atom. The highest BCUT2D eigenvalue weighted by Crippen LogP contribution is 2.25. The van der Waals surface area contributed by atoms with Crippen LogP contribution in [0.4, 0.5) is 8.78 Å². The van der Waals surface area contributed by atoms with E-state index in [1.165, 1.54) is 0 Å². The van der Waals surface area contributed by atoms with E-state index in [1.807, 2.05) is 4.90 Å². The number of hydrogen-bond acceptors (Lipinski definition) is 1. The molecule has 72 valence electrons. The summed E-state index contributed by atoms with van der Waals surface area (Å²) >= 11 is 3.36. The molecule has 1 saturated heterocycles. The number of likely N-dealkylation sites (tertiary alicyclic amines) is 1. The van der Waals surface area contributed by atoms with Gasteiger partial charge in [-0.05, 0) is 18.9 Å². The molecule has 0 aliphatic carbocycles. The Labute approximate surface area is 80.2 Å². The molecule has 0 amide bonds. The molecule has 0 aromatic carbocycles. The predicted molar refractivity (Wildman–Crippen MR) is 48.9 cm³/mol. The normalized spacial score (nSPS) is 31.8. The third-order valence-electron chi connectivity index (χ3n) is 2.53. The van der Waals surface area contributed by atoms with Crippen molar-refractivity contribution in [3.63, 3.8) is 0 Å². The third kappa shape index (κ3) is 2.39. The molecule has 1 nitrogen and oxygen atoms in total. The molecule has 0 aromatic rings. The maximum atomic E-state index is 12.1. The van der Waals surface area contributed by atoms with Gasteiger partial charge in [-0.15, -0.1) is 0 Å². The second-order valence-corrected chi connectivity index (χ2v) is 4.02. The van der Waals surface area contributed by atoms with Crippen LogP contribution in [0.25, 0.3) is 0 Å². The lowest BCUT2D eigenvalue weighted by Gasteiger charge is -2.24. The molecule has 12 heavy (non-hydrogen) atoms. The SMILES string of the molecule is CC1CCN(CC(F)F)C1CBr. The first-order valence-electron chi connectivity index (χ1n) is 4.23. The lowest BCUT2D eigenvalue weighted by Crippen LogP contribution is -2.36. The molecular weight excluding hydrogens is 228 g/mol. The fourth-order valence-corrected chi connectivity index (χ4v) is 2.79. The molecule has 0 saturated carbocycles. The van der Waals surface area contributed by atoms with Crippen LogP contribution in [0.2, 0.25) is 0 Å². The highest BCUT2D eigenvalue weighted by atomic mass is 79.9. The fourth-order valence-electron chi connectivity index (χ4n) is 1.74. The van der Waals surface area contributed by atoms with Gasteiger partial charge in [-0.25, -0.2) is 8.78 Å². The van der Waals surface area contributed by atoms with Gasteiger partial charge in [-0.2, -0.15) is 0 Å². The van der Waals surface area contributed by atoms with Crippen molar-refractivity contribution in [1.82, 2.24) is 4.90 Å². The average molecular weight is 242 g/mol. The fraction of sp³-hybridized carbons (Fsp3) is 1.00. The average Bonchev–Trinajstić information content (AvgIpc) is 2.30. The minimum absolute atomic E-state index is 0.0688. The number of nitrogens with zero attached hydrogens (tertiary/aromatic N) is 1. The van der Waals surface area contributed by atoms with Gasteiger partial charge in [0.2, 0.25) is 0 Å². The minimum atomic E-state index is -2.20. The number of alkyl halides is 3. The summed E-state index contributed by atoms with van der Waals surface area (Å²) in [4.78, 5) is 1.88. The largest absolute Gasteiger partial charge is 0.294 e. The zero-order valence-electron chi connectivity index (χ0n) is 7.14. The van der Waals surface area contributed by atoms with Crippen molar-refractivity contribution in [1.29, 1.82) is 0 Å². The van der Waals surface area contributed by atoms with Crippen LogP contribution in [0.3, 0.4) is 0 Å². The van der Waals surface area contributed by atoms with E-state index in [0.717, 1.165) is 18.3 Å². The summed E-state index contributed by atoms with van der Waals surface area (Å²) in [7, 11) is 0. The predicted octanol–water partition coefficient (Wildman–Crippen LogP) is 2.36. The Hall–Kier alpha value is 0.300. The molecule has 1 aliphatic heterocycles. The summed E-state index contributed by atoms with van der Waals surface area (Å²) in [5, 5.41) is 0.806. The van der Waals surface area contributed by atoms with E-state index in [2.05, 4.69) is 22.9 Å². The zero-order chi connectivity index (χ0) is 9.14. The summed E-state index contributed by atoms with van der Waals surface area (Å²) in [5.41, 5.74) is 0. The first-order valence-corrected chi connectivity index (χ1v) is 5.35. The van der Waals surface area contributed by atoms with Crippen molar-refractivity contribution in [2.24, 2.45) is 5.92 Å². The molecule has 1 heterocycles. The van der Waals surface area contributed by atoms with Gasteiger partial charge in [-0.1, -0.05) is 22.9 Å². The van der Waals surface area contributed by atoms with E-state index < -0.39 is 6.43 Å². The van der Waals surface area contributed by atoms with E-state index in [0.29, 0.717) is 12.0 Å². The van der Waals surface area contributed by atoms with E-state index in [4.69, 9.17) is 0 Å². The van der Waals surface area contributed by atoms with Gasteiger partial charge in [0.1, 0.15) is 0 Å². The zero-order valence-corrected chi connectivity index (χ0v) is 8.73. The quantitative estimate of drug-likeness (QED) is 0.686. The molecular formula is C8H14BrF2N. The molecule has 0 bridgehead atoms. The number of rotatable bonds is 3. The molecule has 1 aliphatic rings. The smallest absolute Gasteiger partial charge is 0.251 e. The van der Waals surface area contributed by atoms with E-state index in [1.54, 1.807) is 0 Å². The molecule has 0 spiro atoms. The topological polar surface area (TPSA) is 3.24 Å². The van der Waals surface area contributed by atoms with Gasteiger partial charge in [-0.3, -0.25) is 4.90 Å². The summed E-state index contributed by atoms with van der Waals surface area (Å²) in [6.45, 7) is 2.87. The molecule has 1 fully saturated rings. The van der Waals surface area contributed by atoms with Crippen LogP contribution in [-0.4, -0.2) is 35.8 Å². The summed E-state index contributed by atoms with van der Waals surface area (Å²) in [6.07, 6.45) is -1.15. The van der Waals surface area contributed by atoms with Gasteiger partial charge < -0.3 is 0 Å². The monoisotopic (exact) mass is 241 g/mol. The van der Waals surface area contributed by atoms with Crippen molar-refractivity contribution in [3.05, 3.63) is 0 Å². The van der Waals surface area contributed by atoms with Crippen LogP contribution in [-0.2, 0) is 0 Å². The molecule has 0 radical (unpaired) electrons. The van der Waals surface area contributed by atoms with Gasteiger partial charge in [0.05, 0.1) is 6.54 Å². The van der Waals surface area contributed by atoms with Gasteiger partial charge >= 0.3 is 0 Å². The van der Waals surface area contributed by atoms with Crippen LogP contribution in [0, 0.1) is 5.92 Å². The molecule has 2 unspecified atom stereocenters. The lowest BCUT2D eigenvalue weighted by atomic mass is 10.1. The van der Waals surface area contributed by atoms with Gasteiger partial charge in [0.15, 0.2) is 0 Å². The summed E-state index contributed by atoms with van der Waals surface area (Å²) in [6, 6.07) is 0.305. The lowest BCUT2D eigenvalue weighted by molar-refractivity contribution is 0.0830. The first kappa shape index (κ1) is 10.4. The van der Waals surface area contributed by atoms with E-state index in [9.17, 15) is 8.78 Å². The summed E-state index contributed by atoms with van der Waals surface area (Å²) < 4.78 is 24.1. The highest BCUT2D eigenvalue weighted by Gasteiger charge is 2.31. The van der Waals surface area contributed by atoms with Crippen LogP contribution < -0.4 is 0 Å². The molecule has 1 rings (SSSR count). The second kappa shape index (κ2) is 4.51. The molecule has 0 N–H and O–H groups in total. The Morgan fingerprint density at radius 1 is 1.58 bits per heavy atom. The second-order valence-electron chi connectivity index (χ2n) is 3.37. The Morgan fingerprint density at radius 2 is 2.25 bits per heavy atom. The van der Waals surface area contributed by atoms with Crippen LogP contribution in [0.5, 0.6) is 0 Å².